The van der Waals surface area contributed by atoms with Crippen LogP contribution in [0.2, 0.25) is 0 Å². The van der Waals surface area contributed by atoms with E-state index in [0.717, 1.165) is 46.7 Å². The summed E-state index contributed by atoms with van der Waals surface area (Å²) in [6.45, 7) is 9.35. The van der Waals surface area contributed by atoms with Crippen molar-refractivity contribution in [1.82, 2.24) is 10.6 Å². The van der Waals surface area contributed by atoms with Crippen LogP contribution in [0.5, 0.6) is 11.5 Å². The van der Waals surface area contributed by atoms with Crippen LogP contribution in [-0.4, -0.2) is 26.7 Å². The van der Waals surface area contributed by atoms with E-state index in [0.29, 0.717) is 6.54 Å². The number of methoxy groups -OCH3 is 2. The Morgan fingerprint density at radius 3 is 2.54 bits per heavy atom. The second-order valence-electron chi connectivity index (χ2n) is 6.11. The normalized spacial score (nSPS) is 12.6. The molecule has 0 aliphatic carbocycles. The molecule has 2 N–H and O–H groups in total. The number of benzene rings is 1. The van der Waals surface area contributed by atoms with Crippen LogP contribution in [0.3, 0.4) is 0 Å². The molecule has 0 aliphatic rings. The summed E-state index contributed by atoms with van der Waals surface area (Å²) in [4.78, 5) is 4.68. The van der Waals surface area contributed by atoms with E-state index in [1.165, 1.54) is 0 Å². The maximum absolute atomic E-state index is 5.57. The Hall–Kier alpha value is -2.63. The van der Waals surface area contributed by atoms with E-state index in [2.05, 4.69) is 22.5 Å². The van der Waals surface area contributed by atoms with E-state index in [1.54, 1.807) is 14.2 Å². The van der Waals surface area contributed by atoms with Crippen LogP contribution in [-0.2, 0) is 6.54 Å². The molecule has 0 saturated heterocycles. The third-order valence-electron chi connectivity index (χ3n) is 4.15. The van der Waals surface area contributed by atoms with Crippen LogP contribution in [0.15, 0.2) is 33.7 Å². The number of nitrogens with zero attached hydrogens (tertiary/aromatic N) is 1. The van der Waals surface area contributed by atoms with Crippen molar-refractivity contribution < 1.29 is 13.9 Å². The Bertz CT molecular complexity index is 753. The average molecular weight is 359 g/mol. The van der Waals surface area contributed by atoms with Gasteiger partial charge < -0.3 is 24.5 Å². The zero-order chi connectivity index (χ0) is 19.1. The van der Waals surface area contributed by atoms with Crippen LogP contribution in [0, 0.1) is 13.8 Å². The largest absolute Gasteiger partial charge is 0.497 e. The molecule has 0 radical (unpaired) electrons. The lowest BCUT2D eigenvalue weighted by atomic mass is 10.1. The molecule has 1 aromatic heterocycles. The quantitative estimate of drug-likeness (QED) is 0.582. The van der Waals surface area contributed by atoms with Crippen molar-refractivity contribution in [2.24, 2.45) is 4.99 Å². The van der Waals surface area contributed by atoms with Crippen molar-refractivity contribution in [2.75, 3.05) is 20.8 Å². The minimum atomic E-state index is -0.00923. The molecule has 1 unspecified atom stereocenters. The van der Waals surface area contributed by atoms with Gasteiger partial charge in [0.1, 0.15) is 23.0 Å². The van der Waals surface area contributed by atoms with Gasteiger partial charge >= 0.3 is 0 Å². The highest BCUT2D eigenvalue weighted by Gasteiger charge is 2.14. The Morgan fingerprint density at radius 2 is 1.96 bits per heavy atom. The van der Waals surface area contributed by atoms with Crippen LogP contribution in [0.1, 0.15) is 42.5 Å². The molecule has 6 nitrogen and oxygen atoms in total. The Labute approximate surface area is 155 Å². The van der Waals surface area contributed by atoms with E-state index in [4.69, 9.17) is 13.9 Å². The number of aryl methyl sites for hydroxylation is 2. The summed E-state index contributed by atoms with van der Waals surface area (Å²) in [5.74, 6) is 4.15. The van der Waals surface area contributed by atoms with Crippen molar-refractivity contribution >= 4 is 5.96 Å². The fourth-order valence-corrected chi connectivity index (χ4v) is 2.79. The highest BCUT2D eigenvalue weighted by atomic mass is 16.5. The Balaban J connectivity index is 2.18. The van der Waals surface area contributed by atoms with Gasteiger partial charge in [0.25, 0.3) is 0 Å². The summed E-state index contributed by atoms with van der Waals surface area (Å²) in [7, 11) is 3.33. The molecule has 6 heteroatoms. The highest BCUT2D eigenvalue weighted by molar-refractivity contribution is 5.80. The van der Waals surface area contributed by atoms with E-state index in [1.807, 2.05) is 45.0 Å². The highest BCUT2D eigenvalue weighted by Crippen LogP contribution is 2.29. The number of hydrogen-bond donors (Lipinski definition) is 2. The van der Waals surface area contributed by atoms with Gasteiger partial charge in [-0.05, 0) is 52.0 Å². The smallest absolute Gasteiger partial charge is 0.192 e. The van der Waals surface area contributed by atoms with Gasteiger partial charge in [0.15, 0.2) is 5.96 Å². The number of nitrogens with one attached hydrogen (secondary N) is 2. The molecule has 0 saturated carbocycles. The van der Waals surface area contributed by atoms with Crippen molar-refractivity contribution in [3.05, 3.63) is 46.9 Å². The standard InChI is InChI=1S/C20H29N3O3/c1-7-21-20(22-12-16-10-13(2)26-15(16)4)23-14(3)18-11-17(24-5)8-9-19(18)25-6/h8-11,14H,7,12H2,1-6H3,(H2,21,22,23). The second-order valence-corrected chi connectivity index (χ2v) is 6.11. The molecule has 1 atom stereocenters. The first-order valence-electron chi connectivity index (χ1n) is 8.81. The van der Waals surface area contributed by atoms with Gasteiger partial charge in [-0.25, -0.2) is 4.99 Å². The predicted octanol–water partition coefficient (Wildman–Crippen LogP) is 3.73. The topological polar surface area (TPSA) is 68.0 Å². The minimum Gasteiger partial charge on any atom is -0.497 e. The molecule has 2 aromatic rings. The summed E-state index contributed by atoms with van der Waals surface area (Å²) in [5.41, 5.74) is 2.10. The molecule has 0 amide bonds. The predicted molar refractivity (Wildman–Crippen MR) is 104 cm³/mol. The first kappa shape index (κ1) is 19.7. The zero-order valence-corrected chi connectivity index (χ0v) is 16.5. The van der Waals surface area contributed by atoms with Gasteiger partial charge in [-0.2, -0.15) is 0 Å². The van der Waals surface area contributed by atoms with E-state index in [-0.39, 0.29) is 6.04 Å². The van der Waals surface area contributed by atoms with E-state index in [9.17, 15) is 0 Å². The molecule has 1 heterocycles. The zero-order valence-electron chi connectivity index (χ0n) is 16.5. The molecule has 0 spiro atoms. The summed E-state index contributed by atoms with van der Waals surface area (Å²) in [6.07, 6.45) is 0. The molecule has 0 fully saturated rings. The summed E-state index contributed by atoms with van der Waals surface area (Å²) in [6, 6.07) is 7.79. The van der Waals surface area contributed by atoms with Gasteiger partial charge in [-0.1, -0.05) is 0 Å². The molecule has 2 rings (SSSR count). The molecular formula is C20H29N3O3. The molecule has 0 aliphatic heterocycles. The lowest BCUT2D eigenvalue weighted by molar-refractivity contribution is 0.394. The van der Waals surface area contributed by atoms with E-state index >= 15 is 0 Å². The van der Waals surface area contributed by atoms with Crippen LogP contribution in [0.4, 0.5) is 0 Å². The van der Waals surface area contributed by atoms with Gasteiger partial charge in [0.05, 0.1) is 26.8 Å². The van der Waals surface area contributed by atoms with Gasteiger partial charge in [-0.15, -0.1) is 0 Å². The Kier molecular flexibility index (Phi) is 6.95. The maximum Gasteiger partial charge on any atom is 0.192 e. The summed E-state index contributed by atoms with van der Waals surface area (Å²) in [5, 5.41) is 6.71. The van der Waals surface area contributed by atoms with Crippen LogP contribution >= 0.6 is 0 Å². The maximum atomic E-state index is 5.57. The van der Waals surface area contributed by atoms with Crippen molar-refractivity contribution in [1.29, 1.82) is 0 Å². The van der Waals surface area contributed by atoms with Crippen LogP contribution in [0.25, 0.3) is 0 Å². The number of furan rings is 1. The monoisotopic (exact) mass is 359 g/mol. The van der Waals surface area contributed by atoms with E-state index < -0.39 is 0 Å². The number of rotatable bonds is 7. The fraction of sp³-hybridized carbons (Fsp3) is 0.450. The number of guanidine groups is 1. The first-order valence-corrected chi connectivity index (χ1v) is 8.81. The van der Waals surface area contributed by atoms with Crippen LogP contribution < -0.4 is 20.1 Å². The van der Waals surface area contributed by atoms with Gasteiger partial charge in [0, 0.05) is 17.7 Å². The van der Waals surface area contributed by atoms with Crippen molar-refractivity contribution in [2.45, 2.75) is 40.3 Å². The van der Waals surface area contributed by atoms with Gasteiger partial charge in [0.2, 0.25) is 0 Å². The molecule has 142 valence electrons. The fourth-order valence-electron chi connectivity index (χ4n) is 2.79. The average Bonchev–Trinajstić information content (AvgIpc) is 2.96. The SMILES string of the molecule is CCNC(=NCc1cc(C)oc1C)NC(C)c1cc(OC)ccc1OC. The first-order chi connectivity index (χ1) is 12.5. The number of hydrogen-bond acceptors (Lipinski definition) is 4. The number of aliphatic imine (C=N–C) groups is 1. The molecule has 26 heavy (non-hydrogen) atoms. The molecule has 0 bridgehead atoms. The lowest BCUT2D eigenvalue weighted by Gasteiger charge is -2.20. The van der Waals surface area contributed by atoms with Crippen molar-refractivity contribution in [3.8, 4) is 11.5 Å². The third-order valence-corrected chi connectivity index (χ3v) is 4.15. The minimum absolute atomic E-state index is 0.00923. The summed E-state index contributed by atoms with van der Waals surface area (Å²) >= 11 is 0. The molecular weight excluding hydrogens is 330 g/mol. The van der Waals surface area contributed by atoms with Gasteiger partial charge in [-0.3, -0.25) is 0 Å². The second kappa shape index (κ2) is 9.17. The third kappa shape index (κ3) is 4.94. The van der Waals surface area contributed by atoms with Crippen molar-refractivity contribution in [3.63, 3.8) is 0 Å². The summed E-state index contributed by atoms with van der Waals surface area (Å²) < 4.78 is 16.4. The molecule has 1 aromatic carbocycles. The Morgan fingerprint density at radius 1 is 1.19 bits per heavy atom. The number of ether oxygens (including phenoxy) is 2. The lowest BCUT2D eigenvalue weighted by Crippen LogP contribution is -2.38.